The minimum absolute atomic E-state index is 0.149. The van der Waals surface area contributed by atoms with Crippen molar-refractivity contribution in [1.82, 2.24) is 9.88 Å². The van der Waals surface area contributed by atoms with Crippen LogP contribution in [0.5, 0.6) is 0 Å². The van der Waals surface area contributed by atoms with E-state index in [1.807, 2.05) is 4.90 Å². The quantitative estimate of drug-likeness (QED) is 0.601. The highest BCUT2D eigenvalue weighted by atomic mass is 16.5. The summed E-state index contributed by atoms with van der Waals surface area (Å²) in [5, 5.41) is 0. The molecule has 0 radical (unpaired) electrons. The molecule has 2 heterocycles. The number of amides is 1. The van der Waals surface area contributed by atoms with Crippen molar-refractivity contribution >= 4 is 17.7 Å². The van der Waals surface area contributed by atoms with Crippen molar-refractivity contribution < 1.29 is 19.1 Å². The maximum absolute atomic E-state index is 13.0. The van der Waals surface area contributed by atoms with E-state index in [1.165, 1.54) is 0 Å². The molecule has 0 unspecified atom stereocenters. The SMILES string of the molecule is CCOC(=O)c1c(C)[nH]c(C(=O)[C@H](C)N2CCCC[C@H]2C(N)=O)c1C. The molecule has 1 saturated heterocycles. The van der Waals surface area contributed by atoms with E-state index in [0.717, 1.165) is 12.8 Å². The Morgan fingerprint density at radius 2 is 2.00 bits per heavy atom. The standard InChI is InChI=1S/C18H27N3O4/c1-5-25-18(24)14-10(2)15(20-11(14)3)16(22)12(4)21-9-7-6-8-13(21)17(19)23/h12-13,20H,5-9H2,1-4H3,(H2,19,23)/t12-,13-/m0/s1. The molecular formula is C18H27N3O4. The molecule has 1 aromatic heterocycles. The molecule has 1 aliphatic heterocycles. The normalized spacial score (nSPS) is 19.4. The molecule has 0 bridgehead atoms. The van der Waals surface area contributed by atoms with Crippen LogP contribution in [0.15, 0.2) is 0 Å². The summed E-state index contributed by atoms with van der Waals surface area (Å²) in [6.45, 7) is 7.93. The molecule has 1 fully saturated rings. The van der Waals surface area contributed by atoms with Gasteiger partial charge in [0, 0.05) is 5.69 Å². The number of hydrogen-bond acceptors (Lipinski definition) is 5. The van der Waals surface area contributed by atoms with Gasteiger partial charge in [-0.15, -0.1) is 0 Å². The molecule has 138 valence electrons. The number of aromatic amines is 1. The number of rotatable bonds is 6. The maximum Gasteiger partial charge on any atom is 0.340 e. The van der Waals surface area contributed by atoms with Gasteiger partial charge < -0.3 is 15.5 Å². The summed E-state index contributed by atoms with van der Waals surface area (Å²) in [5.41, 5.74) is 7.49. The fourth-order valence-corrected chi connectivity index (χ4v) is 3.59. The third-order valence-electron chi connectivity index (χ3n) is 4.91. The highest BCUT2D eigenvalue weighted by molar-refractivity contribution is 6.04. The van der Waals surface area contributed by atoms with Crippen LogP contribution in [-0.4, -0.2) is 52.8 Å². The molecule has 1 aliphatic rings. The largest absolute Gasteiger partial charge is 0.462 e. The first-order chi connectivity index (χ1) is 11.8. The molecule has 3 N–H and O–H groups in total. The minimum Gasteiger partial charge on any atom is -0.462 e. The number of aromatic nitrogens is 1. The summed E-state index contributed by atoms with van der Waals surface area (Å²) in [6.07, 6.45) is 2.53. The molecule has 0 saturated carbocycles. The number of nitrogens with one attached hydrogen (secondary N) is 1. The number of ether oxygens (including phenoxy) is 1. The zero-order valence-corrected chi connectivity index (χ0v) is 15.3. The van der Waals surface area contributed by atoms with E-state index in [9.17, 15) is 14.4 Å². The molecule has 0 spiro atoms. The molecule has 25 heavy (non-hydrogen) atoms. The van der Waals surface area contributed by atoms with Crippen LogP contribution in [-0.2, 0) is 9.53 Å². The number of esters is 1. The van der Waals surface area contributed by atoms with Gasteiger partial charge in [0.1, 0.15) is 0 Å². The van der Waals surface area contributed by atoms with Gasteiger partial charge in [-0.3, -0.25) is 14.5 Å². The van der Waals surface area contributed by atoms with Crippen LogP contribution in [0.3, 0.4) is 0 Å². The van der Waals surface area contributed by atoms with E-state index in [1.54, 1.807) is 27.7 Å². The van der Waals surface area contributed by atoms with E-state index >= 15 is 0 Å². The van der Waals surface area contributed by atoms with Crippen molar-refractivity contribution in [2.75, 3.05) is 13.2 Å². The van der Waals surface area contributed by atoms with Crippen LogP contribution in [0.4, 0.5) is 0 Å². The summed E-state index contributed by atoms with van der Waals surface area (Å²) in [5.74, 6) is -0.983. The summed E-state index contributed by atoms with van der Waals surface area (Å²) in [7, 11) is 0. The van der Waals surface area contributed by atoms with Crippen LogP contribution in [0.1, 0.15) is 65.2 Å². The lowest BCUT2D eigenvalue weighted by atomic mass is 9.96. The summed E-state index contributed by atoms with van der Waals surface area (Å²) >= 11 is 0. The first-order valence-corrected chi connectivity index (χ1v) is 8.75. The number of nitrogens with two attached hydrogens (primary N) is 1. The van der Waals surface area contributed by atoms with Crippen LogP contribution in [0.25, 0.3) is 0 Å². The molecule has 0 aliphatic carbocycles. The highest BCUT2D eigenvalue weighted by Gasteiger charge is 2.35. The molecule has 7 heteroatoms. The van der Waals surface area contributed by atoms with E-state index < -0.39 is 24.0 Å². The van der Waals surface area contributed by atoms with Gasteiger partial charge in [-0.05, 0) is 52.6 Å². The smallest absolute Gasteiger partial charge is 0.340 e. The van der Waals surface area contributed by atoms with Gasteiger partial charge in [-0.2, -0.15) is 0 Å². The Kier molecular flexibility index (Phi) is 6.00. The van der Waals surface area contributed by atoms with Crippen LogP contribution in [0, 0.1) is 13.8 Å². The Morgan fingerprint density at radius 1 is 1.32 bits per heavy atom. The van der Waals surface area contributed by atoms with Crippen LogP contribution in [0.2, 0.25) is 0 Å². The van der Waals surface area contributed by atoms with Crippen LogP contribution >= 0.6 is 0 Å². The minimum atomic E-state index is -0.496. The zero-order chi connectivity index (χ0) is 18.7. The predicted molar refractivity (Wildman–Crippen MR) is 93.6 cm³/mol. The molecule has 0 aromatic carbocycles. The van der Waals surface area contributed by atoms with Gasteiger partial charge in [0.05, 0.1) is 29.9 Å². The Hall–Kier alpha value is -2.15. The molecule has 1 amide bonds. The molecule has 2 atom stereocenters. The second-order valence-corrected chi connectivity index (χ2v) is 6.54. The van der Waals surface area contributed by atoms with Crippen LogP contribution < -0.4 is 5.73 Å². The van der Waals surface area contributed by atoms with Gasteiger partial charge in [0.25, 0.3) is 0 Å². The van der Waals surface area contributed by atoms with Gasteiger partial charge in [0.15, 0.2) is 5.78 Å². The zero-order valence-electron chi connectivity index (χ0n) is 15.3. The highest BCUT2D eigenvalue weighted by Crippen LogP contribution is 2.25. The number of carbonyl (C=O) groups is 3. The number of piperidine rings is 1. The molecule has 2 rings (SSSR count). The van der Waals surface area contributed by atoms with Crippen molar-refractivity contribution in [2.24, 2.45) is 5.73 Å². The number of carbonyl (C=O) groups excluding carboxylic acids is 3. The second-order valence-electron chi connectivity index (χ2n) is 6.54. The Bertz CT molecular complexity index is 680. The summed E-state index contributed by atoms with van der Waals surface area (Å²) in [6, 6.07) is -0.918. The predicted octanol–water partition coefficient (Wildman–Crippen LogP) is 1.72. The number of likely N-dealkylation sites (tertiary alicyclic amines) is 1. The van der Waals surface area contributed by atoms with E-state index in [-0.39, 0.29) is 12.4 Å². The van der Waals surface area contributed by atoms with Crippen molar-refractivity contribution in [1.29, 1.82) is 0 Å². The Morgan fingerprint density at radius 3 is 2.60 bits per heavy atom. The number of ketones is 1. The third kappa shape index (κ3) is 3.76. The fourth-order valence-electron chi connectivity index (χ4n) is 3.59. The van der Waals surface area contributed by atoms with Gasteiger partial charge >= 0.3 is 5.97 Å². The molecule has 1 aromatic rings. The number of H-pyrrole nitrogens is 1. The number of hydrogen-bond donors (Lipinski definition) is 2. The first kappa shape index (κ1) is 19.2. The van der Waals surface area contributed by atoms with Crippen molar-refractivity contribution in [3.63, 3.8) is 0 Å². The monoisotopic (exact) mass is 349 g/mol. The van der Waals surface area contributed by atoms with Crippen molar-refractivity contribution in [3.05, 3.63) is 22.5 Å². The summed E-state index contributed by atoms with van der Waals surface area (Å²) in [4.78, 5) is 41.7. The van der Waals surface area contributed by atoms with Crippen molar-refractivity contribution in [2.45, 2.75) is 59.0 Å². The second kappa shape index (κ2) is 7.82. The average molecular weight is 349 g/mol. The number of Topliss-reactive ketones (excluding diaryl/α,β-unsaturated/α-hetero) is 1. The maximum atomic E-state index is 13.0. The Labute approximate surface area is 147 Å². The molecule has 7 nitrogen and oxygen atoms in total. The lowest BCUT2D eigenvalue weighted by Crippen LogP contribution is -2.53. The average Bonchev–Trinajstić information content (AvgIpc) is 2.88. The molecular weight excluding hydrogens is 322 g/mol. The topological polar surface area (TPSA) is 105 Å². The number of aryl methyl sites for hydroxylation is 1. The van der Waals surface area contributed by atoms with Gasteiger partial charge in [-0.1, -0.05) is 6.42 Å². The first-order valence-electron chi connectivity index (χ1n) is 8.75. The number of primary amides is 1. The fraction of sp³-hybridized carbons (Fsp3) is 0.611. The number of nitrogens with zero attached hydrogens (tertiary/aromatic N) is 1. The third-order valence-corrected chi connectivity index (χ3v) is 4.91. The van der Waals surface area contributed by atoms with Gasteiger partial charge in [0.2, 0.25) is 5.91 Å². The Balaban J connectivity index is 2.29. The van der Waals surface area contributed by atoms with E-state index in [0.29, 0.717) is 35.5 Å². The lowest BCUT2D eigenvalue weighted by molar-refractivity contribution is -0.124. The lowest BCUT2D eigenvalue weighted by Gasteiger charge is -2.37. The van der Waals surface area contributed by atoms with Gasteiger partial charge in [-0.25, -0.2) is 4.79 Å². The van der Waals surface area contributed by atoms with E-state index in [2.05, 4.69) is 4.98 Å². The summed E-state index contributed by atoms with van der Waals surface area (Å²) < 4.78 is 5.07. The van der Waals surface area contributed by atoms with Crippen molar-refractivity contribution in [3.8, 4) is 0 Å². The van der Waals surface area contributed by atoms with E-state index in [4.69, 9.17) is 10.5 Å².